The van der Waals surface area contributed by atoms with Gasteiger partial charge in [-0.3, -0.25) is 0 Å². The van der Waals surface area contributed by atoms with E-state index in [1.807, 2.05) is 19.1 Å². The molecular weight excluding hydrogens is 473 g/mol. The number of aromatic carboxylic acids is 1. The number of anilines is 1. The maximum atomic E-state index is 11.4. The maximum Gasteiger partial charge on any atom is 0.336 e. The van der Waals surface area contributed by atoms with Crippen LogP contribution in [0.1, 0.15) is 34.0 Å². The molecular formula is C24H22Cl3NO4. The predicted molar refractivity (Wildman–Crippen MR) is 129 cm³/mol. The van der Waals surface area contributed by atoms with Gasteiger partial charge in [-0.15, -0.1) is 0 Å². The van der Waals surface area contributed by atoms with E-state index in [4.69, 9.17) is 44.3 Å². The molecule has 0 heterocycles. The zero-order chi connectivity index (χ0) is 23.3. The standard InChI is InChI=1S/C24H22Cl3NO4/c1-3-31-22-11-15(12-28-21-9-4-6-16(14(21)2)24(29)30)10-20(27)23(22)32-13-17-18(25)7-5-8-19(17)26/h4-11,28H,3,12-13H2,1-2H3,(H,29,30). The number of carbonyl (C=O) groups is 1. The molecule has 2 N–H and O–H groups in total. The molecule has 0 unspecified atom stereocenters. The predicted octanol–water partition coefficient (Wildman–Crippen LogP) is 7.24. The van der Waals surface area contributed by atoms with E-state index < -0.39 is 5.97 Å². The van der Waals surface area contributed by atoms with Gasteiger partial charge in [0.1, 0.15) is 6.61 Å². The van der Waals surface area contributed by atoms with Gasteiger partial charge in [0.15, 0.2) is 11.5 Å². The molecule has 0 amide bonds. The zero-order valence-corrected chi connectivity index (χ0v) is 19.8. The highest BCUT2D eigenvalue weighted by Gasteiger charge is 2.16. The Morgan fingerprint density at radius 3 is 2.34 bits per heavy atom. The molecule has 0 aliphatic heterocycles. The van der Waals surface area contributed by atoms with Crippen molar-refractivity contribution in [3.8, 4) is 11.5 Å². The molecule has 5 nitrogen and oxygen atoms in total. The lowest BCUT2D eigenvalue weighted by Gasteiger charge is -2.17. The van der Waals surface area contributed by atoms with Crippen LogP contribution in [0.15, 0.2) is 48.5 Å². The lowest BCUT2D eigenvalue weighted by Crippen LogP contribution is -2.07. The number of carboxylic acid groups (broad SMARTS) is 1. The number of carboxylic acids is 1. The molecule has 32 heavy (non-hydrogen) atoms. The molecule has 0 radical (unpaired) electrons. The smallest absolute Gasteiger partial charge is 0.336 e. The lowest BCUT2D eigenvalue weighted by molar-refractivity contribution is 0.0696. The Balaban J connectivity index is 1.81. The number of rotatable bonds is 9. The van der Waals surface area contributed by atoms with Crippen molar-refractivity contribution in [2.24, 2.45) is 0 Å². The fourth-order valence-electron chi connectivity index (χ4n) is 3.20. The SMILES string of the molecule is CCOc1cc(CNc2cccc(C(=O)O)c2C)cc(Cl)c1OCc1c(Cl)cccc1Cl. The molecule has 8 heteroatoms. The van der Waals surface area contributed by atoms with Gasteiger partial charge < -0.3 is 19.9 Å². The molecule has 0 aromatic heterocycles. The third-order valence-corrected chi connectivity index (χ3v) is 5.83. The van der Waals surface area contributed by atoms with E-state index in [9.17, 15) is 9.90 Å². The van der Waals surface area contributed by atoms with E-state index in [2.05, 4.69) is 5.32 Å². The molecule has 3 aromatic carbocycles. The van der Waals surface area contributed by atoms with Gasteiger partial charge in [0.05, 0.1) is 17.2 Å². The van der Waals surface area contributed by atoms with Crippen molar-refractivity contribution in [2.75, 3.05) is 11.9 Å². The number of benzene rings is 3. The second-order valence-corrected chi connectivity index (χ2v) is 8.19. The van der Waals surface area contributed by atoms with Crippen LogP contribution in [-0.4, -0.2) is 17.7 Å². The first kappa shape index (κ1) is 24.1. The Morgan fingerprint density at radius 2 is 1.69 bits per heavy atom. The summed E-state index contributed by atoms with van der Waals surface area (Å²) in [7, 11) is 0. The third kappa shape index (κ3) is 5.60. The molecule has 0 atom stereocenters. The van der Waals surface area contributed by atoms with Crippen LogP contribution in [0.4, 0.5) is 5.69 Å². The second kappa shape index (κ2) is 10.8. The van der Waals surface area contributed by atoms with Gasteiger partial charge in [-0.25, -0.2) is 4.79 Å². The fraction of sp³-hybridized carbons (Fsp3) is 0.208. The van der Waals surface area contributed by atoms with Crippen molar-refractivity contribution in [3.05, 3.63) is 85.9 Å². The fourth-order valence-corrected chi connectivity index (χ4v) is 3.99. The van der Waals surface area contributed by atoms with Crippen molar-refractivity contribution in [1.82, 2.24) is 0 Å². The summed E-state index contributed by atoms with van der Waals surface area (Å²) < 4.78 is 11.7. The molecule has 0 bridgehead atoms. The van der Waals surface area contributed by atoms with Gasteiger partial charge in [-0.2, -0.15) is 0 Å². The summed E-state index contributed by atoms with van der Waals surface area (Å²) in [4.78, 5) is 11.4. The first-order chi connectivity index (χ1) is 15.3. The van der Waals surface area contributed by atoms with Gasteiger partial charge >= 0.3 is 5.97 Å². The first-order valence-corrected chi connectivity index (χ1v) is 11.0. The number of hydrogen-bond donors (Lipinski definition) is 2. The molecule has 0 saturated heterocycles. The van der Waals surface area contributed by atoms with Gasteiger partial charge in [-0.05, 0) is 61.4 Å². The Kier molecular flexibility index (Phi) is 8.13. The van der Waals surface area contributed by atoms with Crippen molar-refractivity contribution in [2.45, 2.75) is 27.0 Å². The Morgan fingerprint density at radius 1 is 1.00 bits per heavy atom. The number of ether oxygens (including phenoxy) is 2. The van der Waals surface area contributed by atoms with Gasteiger partial charge in [0, 0.05) is 27.8 Å². The van der Waals surface area contributed by atoms with E-state index >= 15 is 0 Å². The highest BCUT2D eigenvalue weighted by molar-refractivity contribution is 6.36. The van der Waals surface area contributed by atoms with Crippen LogP contribution in [0.25, 0.3) is 0 Å². The van der Waals surface area contributed by atoms with Crippen LogP contribution in [0, 0.1) is 6.92 Å². The van der Waals surface area contributed by atoms with Gasteiger partial charge in [-0.1, -0.05) is 46.9 Å². The molecule has 0 spiro atoms. The maximum absolute atomic E-state index is 11.4. The Bertz CT molecular complexity index is 1110. The van der Waals surface area contributed by atoms with E-state index in [0.29, 0.717) is 50.8 Å². The highest BCUT2D eigenvalue weighted by atomic mass is 35.5. The van der Waals surface area contributed by atoms with E-state index in [1.54, 1.807) is 43.3 Å². The van der Waals surface area contributed by atoms with Crippen molar-refractivity contribution in [1.29, 1.82) is 0 Å². The largest absolute Gasteiger partial charge is 0.490 e. The van der Waals surface area contributed by atoms with Crippen molar-refractivity contribution in [3.63, 3.8) is 0 Å². The Hall–Kier alpha value is -2.60. The lowest BCUT2D eigenvalue weighted by atomic mass is 10.1. The van der Waals surface area contributed by atoms with Gasteiger partial charge in [0.2, 0.25) is 0 Å². The first-order valence-electron chi connectivity index (χ1n) is 9.89. The number of hydrogen-bond acceptors (Lipinski definition) is 4. The minimum absolute atomic E-state index is 0.136. The normalized spacial score (nSPS) is 10.7. The summed E-state index contributed by atoms with van der Waals surface area (Å²) in [5, 5.41) is 14.0. The van der Waals surface area contributed by atoms with Crippen LogP contribution in [-0.2, 0) is 13.2 Å². The zero-order valence-electron chi connectivity index (χ0n) is 17.5. The number of nitrogens with one attached hydrogen (secondary N) is 1. The topological polar surface area (TPSA) is 67.8 Å². The van der Waals surface area contributed by atoms with E-state index in [0.717, 1.165) is 11.3 Å². The van der Waals surface area contributed by atoms with Crippen LogP contribution in [0.5, 0.6) is 11.5 Å². The van der Waals surface area contributed by atoms with Crippen molar-refractivity contribution >= 4 is 46.5 Å². The minimum atomic E-state index is -0.965. The summed E-state index contributed by atoms with van der Waals surface area (Å²) in [6.45, 7) is 4.61. The molecule has 3 aromatic rings. The van der Waals surface area contributed by atoms with E-state index in [1.165, 1.54) is 0 Å². The average molecular weight is 495 g/mol. The third-order valence-electron chi connectivity index (χ3n) is 4.84. The highest BCUT2D eigenvalue weighted by Crippen LogP contribution is 2.38. The van der Waals surface area contributed by atoms with Crippen molar-refractivity contribution < 1.29 is 19.4 Å². The quantitative estimate of drug-likeness (QED) is 0.328. The molecule has 0 saturated carbocycles. The summed E-state index contributed by atoms with van der Waals surface area (Å²) in [5.74, 6) is -0.0683. The monoisotopic (exact) mass is 493 g/mol. The molecule has 0 aliphatic carbocycles. The van der Waals surface area contributed by atoms with Gasteiger partial charge in [0.25, 0.3) is 0 Å². The summed E-state index contributed by atoms with van der Waals surface area (Å²) in [5.41, 5.74) is 3.15. The van der Waals surface area contributed by atoms with Crippen LogP contribution < -0.4 is 14.8 Å². The molecule has 3 rings (SSSR count). The van der Waals surface area contributed by atoms with Crippen LogP contribution in [0.3, 0.4) is 0 Å². The summed E-state index contributed by atoms with van der Waals surface area (Å²) in [6, 6.07) is 14.0. The average Bonchev–Trinajstić information content (AvgIpc) is 2.74. The summed E-state index contributed by atoms with van der Waals surface area (Å²) in [6.07, 6.45) is 0. The number of halogens is 3. The van der Waals surface area contributed by atoms with E-state index in [-0.39, 0.29) is 12.2 Å². The Labute approximate surface area is 201 Å². The second-order valence-electron chi connectivity index (χ2n) is 6.96. The van der Waals surface area contributed by atoms with Crippen LogP contribution >= 0.6 is 34.8 Å². The molecule has 168 valence electrons. The molecule has 0 aliphatic rings. The van der Waals surface area contributed by atoms with Crippen LogP contribution in [0.2, 0.25) is 15.1 Å². The minimum Gasteiger partial charge on any atom is -0.490 e. The summed E-state index contributed by atoms with van der Waals surface area (Å²) >= 11 is 19.0. The molecule has 0 fully saturated rings.